The second kappa shape index (κ2) is 9.96. The molecular weight excluding hydrogens is 598 g/mol. The number of aromatic nitrogens is 2. The van der Waals surface area contributed by atoms with Crippen molar-refractivity contribution in [3.63, 3.8) is 0 Å². The fourth-order valence-electron chi connectivity index (χ4n) is 5.63. The molecular formula is C27H25F4N5O4S2. The maximum atomic E-state index is 15.6. The van der Waals surface area contributed by atoms with Gasteiger partial charge in [0, 0.05) is 36.1 Å². The molecule has 0 spiro atoms. The Morgan fingerprint density at radius 2 is 1.98 bits per heavy atom. The third-order valence-corrected chi connectivity index (χ3v) is 11.1. The third kappa shape index (κ3) is 4.75. The summed E-state index contributed by atoms with van der Waals surface area (Å²) in [6, 6.07) is 2.61. The van der Waals surface area contributed by atoms with Crippen LogP contribution in [0.25, 0.3) is 10.6 Å². The van der Waals surface area contributed by atoms with E-state index in [-0.39, 0.29) is 63.9 Å². The lowest BCUT2D eigenvalue weighted by Crippen LogP contribution is -2.52. The molecule has 15 heteroatoms. The molecule has 3 aromatic rings. The van der Waals surface area contributed by atoms with Crippen molar-refractivity contribution < 1.29 is 35.5 Å². The maximum absolute atomic E-state index is 15.6. The van der Waals surface area contributed by atoms with Crippen LogP contribution < -0.4 is 10.6 Å². The van der Waals surface area contributed by atoms with E-state index in [1.54, 1.807) is 0 Å². The molecule has 222 valence electrons. The van der Waals surface area contributed by atoms with Crippen molar-refractivity contribution >= 4 is 38.7 Å². The van der Waals surface area contributed by atoms with Crippen LogP contribution in [0.15, 0.2) is 23.2 Å². The molecule has 1 saturated heterocycles. The predicted molar refractivity (Wildman–Crippen MR) is 145 cm³/mol. The first-order valence-electron chi connectivity index (χ1n) is 13.5. The van der Waals surface area contributed by atoms with E-state index >= 15 is 4.39 Å². The van der Waals surface area contributed by atoms with Gasteiger partial charge in [0.1, 0.15) is 16.3 Å². The maximum Gasteiger partial charge on any atom is 0.420 e. The summed E-state index contributed by atoms with van der Waals surface area (Å²) >= 11 is 0.656. The van der Waals surface area contributed by atoms with Crippen LogP contribution in [0.5, 0.6) is 0 Å². The Bertz CT molecular complexity index is 1720. The molecule has 1 aliphatic carbocycles. The normalized spacial score (nSPS) is 20.5. The van der Waals surface area contributed by atoms with Crippen molar-refractivity contribution in [1.82, 2.24) is 20.2 Å². The van der Waals surface area contributed by atoms with E-state index in [1.165, 1.54) is 4.90 Å². The highest BCUT2D eigenvalue weighted by Crippen LogP contribution is 2.47. The molecule has 0 atom stereocenters. The third-order valence-electron chi connectivity index (χ3n) is 8.08. The van der Waals surface area contributed by atoms with Gasteiger partial charge in [0.2, 0.25) is 5.95 Å². The van der Waals surface area contributed by atoms with Gasteiger partial charge in [-0.3, -0.25) is 4.79 Å². The molecule has 7 rings (SSSR count). The first kappa shape index (κ1) is 27.7. The van der Waals surface area contributed by atoms with E-state index in [0.29, 0.717) is 53.9 Å². The summed E-state index contributed by atoms with van der Waals surface area (Å²) in [5.74, 6) is -1.46. The van der Waals surface area contributed by atoms with Gasteiger partial charge in [0.15, 0.2) is 9.84 Å². The number of carbonyl (C=O) groups is 1. The van der Waals surface area contributed by atoms with Crippen LogP contribution in [0.2, 0.25) is 0 Å². The van der Waals surface area contributed by atoms with Gasteiger partial charge < -0.3 is 20.3 Å². The molecule has 2 N–H and O–H groups in total. The Kier molecular flexibility index (Phi) is 6.56. The summed E-state index contributed by atoms with van der Waals surface area (Å²) in [5.41, 5.74) is 0.522. The second-order valence-corrected chi connectivity index (χ2v) is 14.0. The van der Waals surface area contributed by atoms with Crippen LogP contribution in [0.4, 0.5) is 29.2 Å². The number of halogens is 4. The molecule has 9 nitrogen and oxygen atoms in total. The van der Waals surface area contributed by atoms with Gasteiger partial charge in [-0.1, -0.05) is 0 Å². The molecule has 1 saturated carbocycles. The zero-order chi connectivity index (χ0) is 29.4. The summed E-state index contributed by atoms with van der Waals surface area (Å²) in [5, 5.41) is 6.12. The van der Waals surface area contributed by atoms with Crippen molar-refractivity contribution in [3.05, 3.63) is 51.3 Å². The summed E-state index contributed by atoms with van der Waals surface area (Å²) in [7, 11) is -3.96. The van der Waals surface area contributed by atoms with Gasteiger partial charge in [-0.25, -0.2) is 22.8 Å². The van der Waals surface area contributed by atoms with Gasteiger partial charge >= 0.3 is 6.18 Å². The molecule has 2 fully saturated rings. The summed E-state index contributed by atoms with van der Waals surface area (Å²) in [6.07, 6.45) is -2.05. The zero-order valence-electron chi connectivity index (χ0n) is 22.1. The lowest BCUT2D eigenvalue weighted by Gasteiger charge is -2.36. The largest absolute Gasteiger partial charge is 0.420 e. The number of ether oxygens (including phenoxy) is 1. The van der Waals surface area contributed by atoms with Gasteiger partial charge in [0.25, 0.3) is 5.91 Å². The topological polar surface area (TPSA) is 114 Å². The number of thiophene rings is 1. The summed E-state index contributed by atoms with van der Waals surface area (Å²) < 4.78 is 89.4. The van der Waals surface area contributed by atoms with Crippen LogP contribution in [-0.2, 0) is 33.7 Å². The van der Waals surface area contributed by atoms with Crippen molar-refractivity contribution in [2.75, 3.05) is 37.4 Å². The monoisotopic (exact) mass is 623 g/mol. The zero-order valence-corrected chi connectivity index (χ0v) is 23.7. The SMILES string of the molecule is O=C1c2sc(-c3nc(Nc4cc5c(c(F)c4C4CC4)CNCC5)ncc3C(F)(F)F)cc2S(=O)(=O)CCN1C1COC1. The predicted octanol–water partition coefficient (Wildman–Crippen LogP) is 4.26. The minimum atomic E-state index is -4.86. The number of amides is 1. The van der Waals surface area contributed by atoms with Crippen LogP contribution >= 0.6 is 11.3 Å². The number of hydrogen-bond acceptors (Lipinski definition) is 9. The highest BCUT2D eigenvalue weighted by atomic mass is 32.2. The van der Waals surface area contributed by atoms with Crippen LogP contribution in [-0.4, -0.2) is 67.3 Å². The van der Waals surface area contributed by atoms with Crippen molar-refractivity contribution in [2.45, 2.75) is 48.8 Å². The van der Waals surface area contributed by atoms with Crippen LogP contribution in [0.1, 0.15) is 50.7 Å². The average Bonchev–Trinajstić information content (AvgIpc) is 3.65. The highest BCUT2D eigenvalue weighted by Gasteiger charge is 2.41. The van der Waals surface area contributed by atoms with Crippen LogP contribution in [0.3, 0.4) is 0 Å². The number of nitrogens with zero attached hydrogens (tertiary/aromatic N) is 3. The number of nitrogens with one attached hydrogen (secondary N) is 2. The lowest BCUT2D eigenvalue weighted by molar-refractivity contribution is -0.137. The first-order chi connectivity index (χ1) is 20.0. The Hall–Kier alpha value is -3.14. The number of anilines is 2. The molecule has 0 radical (unpaired) electrons. The number of fused-ring (bicyclic) bond motifs is 2. The minimum Gasteiger partial charge on any atom is -0.377 e. The number of alkyl halides is 3. The van der Waals surface area contributed by atoms with Crippen LogP contribution in [0, 0.1) is 5.82 Å². The fraction of sp³-hybridized carbons (Fsp3) is 0.444. The Morgan fingerprint density at radius 3 is 2.67 bits per heavy atom. The standard InChI is InChI=1S/C27H25F4N5O4S2/c28-22-16-9-32-4-3-14(16)7-18(21(22)13-1-2-13)34-26-33-10-17(27(29,30)31)23(35-26)19-8-20-24(41-19)25(37)36(15-11-40-12-15)5-6-42(20,38)39/h7-8,10,13,15,32H,1-6,9,11-12H2,(H,33,34,35). The Morgan fingerprint density at radius 1 is 1.19 bits per heavy atom. The molecule has 5 heterocycles. The van der Waals surface area contributed by atoms with E-state index < -0.39 is 33.2 Å². The smallest absolute Gasteiger partial charge is 0.377 e. The quantitative estimate of drug-likeness (QED) is 0.406. The molecule has 0 bridgehead atoms. The number of sulfone groups is 1. The second-order valence-electron chi connectivity index (χ2n) is 10.9. The Labute approximate surface area is 242 Å². The van der Waals surface area contributed by atoms with E-state index in [4.69, 9.17) is 4.74 Å². The number of rotatable bonds is 5. The first-order valence-corrected chi connectivity index (χ1v) is 16.0. The number of benzene rings is 1. The van der Waals surface area contributed by atoms with Gasteiger partial charge in [0.05, 0.1) is 40.5 Å². The molecule has 0 unspecified atom stereocenters. The minimum absolute atomic E-state index is 0.0122. The average molecular weight is 624 g/mol. The van der Waals surface area contributed by atoms with Gasteiger partial charge in [-0.15, -0.1) is 11.3 Å². The molecule has 3 aliphatic heterocycles. The Balaban J connectivity index is 1.32. The number of hydrogen-bond donors (Lipinski definition) is 2. The molecule has 1 aromatic carbocycles. The van der Waals surface area contributed by atoms with Crippen molar-refractivity contribution in [1.29, 1.82) is 0 Å². The molecule has 1 amide bonds. The molecule has 2 aromatic heterocycles. The lowest BCUT2D eigenvalue weighted by atomic mass is 9.94. The van der Waals surface area contributed by atoms with E-state index in [2.05, 4.69) is 20.6 Å². The molecule has 42 heavy (non-hydrogen) atoms. The fourth-order valence-corrected chi connectivity index (χ4v) is 8.54. The van der Waals surface area contributed by atoms with E-state index in [0.717, 1.165) is 24.5 Å². The van der Waals surface area contributed by atoms with Crippen molar-refractivity contribution in [2.24, 2.45) is 0 Å². The van der Waals surface area contributed by atoms with E-state index in [9.17, 15) is 26.4 Å². The number of carbonyl (C=O) groups excluding carboxylic acids is 1. The van der Waals surface area contributed by atoms with Gasteiger partial charge in [-0.2, -0.15) is 13.2 Å². The van der Waals surface area contributed by atoms with Gasteiger partial charge in [-0.05, 0) is 49.4 Å². The summed E-state index contributed by atoms with van der Waals surface area (Å²) in [4.78, 5) is 22.3. The molecule has 4 aliphatic rings. The van der Waals surface area contributed by atoms with Crippen molar-refractivity contribution in [3.8, 4) is 10.6 Å². The van der Waals surface area contributed by atoms with E-state index in [1.807, 2.05) is 6.07 Å². The highest BCUT2D eigenvalue weighted by molar-refractivity contribution is 7.91. The summed E-state index contributed by atoms with van der Waals surface area (Å²) in [6.45, 7) is 1.57.